The Morgan fingerprint density at radius 1 is 1.38 bits per heavy atom. The number of carboxylic acids is 1. The number of halogens is 1. The Kier molecular flexibility index (Phi) is 5.29. The van der Waals surface area contributed by atoms with E-state index in [9.17, 15) is 9.59 Å². The summed E-state index contributed by atoms with van der Waals surface area (Å²) < 4.78 is 0.685. The van der Waals surface area contributed by atoms with Crippen LogP contribution in [0.5, 0.6) is 0 Å². The zero-order chi connectivity index (χ0) is 15.2. The third kappa shape index (κ3) is 4.54. The third-order valence-electron chi connectivity index (χ3n) is 2.61. The van der Waals surface area contributed by atoms with Crippen molar-refractivity contribution in [3.8, 4) is 0 Å². The van der Waals surface area contributed by atoms with Gasteiger partial charge in [0.2, 0.25) is 0 Å². The van der Waals surface area contributed by atoms with E-state index in [0.717, 1.165) is 5.69 Å². The molecule has 0 saturated carbocycles. The van der Waals surface area contributed by atoms with Gasteiger partial charge in [-0.2, -0.15) is 0 Å². The van der Waals surface area contributed by atoms with Crippen LogP contribution in [0.25, 0.3) is 0 Å². The number of anilines is 1. The molecule has 3 N–H and O–H groups in total. The first kappa shape index (κ1) is 15.5. The molecule has 8 heteroatoms. The zero-order valence-electron chi connectivity index (χ0n) is 10.8. The van der Waals surface area contributed by atoms with Crippen molar-refractivity contribution >= 4 is 45.0 Å². The van der Waals surface area contributed by atoms with Gasteiger partial charge in [0.05, 0.1) is 22.5 Å². The lowest BCUT2D eigenvalue weighted by Gasteiger charge is -2.10. The van der Waals surface area contributed by atoms with Crippen LogP contribution in [0.4, 0.5) is 10.5 Å². The van der Waals surface area contributed by atoms with Gasteiger partial charge in [0.1, 0.15) is 0 Å². The third-order valence-corrected chi connectivity index (χ3v) is 3.74. The van der Waals surface area contributed by atoms with Gasteiger partial charge in [-0.15, -0.1) is 11.3 Å². The Balaban J connectivity index is 1.93. The molecule has 0 spiro atoms. The smallest absolute Gasteiger partial charge is 0.337 e. The molecule has 1 aromatic heterocycles. The van der Waals surface area contributed by atoms with Crippen LogP contribution >= 0.6 is 27.3 Å². The largest absolute Gasteiger partial charge is 0.478 e. The minimum absolute atomic E-state index is 0.0350. The van der Waals surface area contributed by atoms with Gasteiger partial charge >= 0.3 is 12.0 Å². The molecular weight excluding hydrogens is 358 g/mol. The number of carbonyl (C=O) groups excluding carboxylic acids is 1. The summed E-state index contributed by atoms with van der Waals surface area (Å²) in [6, 6.07) is 4.13. The lowest BCUT2D eigenvalue weighted by molar-refractivity contribution is 0.0698. The van der Waals surface area contributed by atoms with Crippen molar-refractivity contribution in [2.75, 3.05) is 11.9 Å². The van der Waals surface area contributed by atoms with E-state index in [1.807, 2.05) is 5.38 Å². The van der Waals surface area contributed by atoms with Gasteiger partial charge in [0.25, 0.3) is 0 Å². The summed E-state index contributed by atoms with van der Waals surface area (Å²) in [6.45, 7) is 0.423. The van der Waals surface area contributed by atoms with Gasteiger partial charge in [0.15, 0.2) is 0 Å². The van der Waals surface area contributed by atoms with Crippen LogP contribution in [-0.4, -0.2) is 28.6 Å². The molecule has 1 aromatic carbocycles. The number of rotatable bonds is 5. The molecule has 1 heterocycles. The molecule has 0 atom stereocenters. The fraction of sp³-hybridized carbons (Fsp3) is 0.154. The van der Waals surface area contributed by atoms with Crippen LogP contribution < -0.4 is 10.6 Å². The average Bonchev–Trinajstić information content (AvgIpc) is 2.91. The molecule has 21 heavy (non-hydrogen) atoms. The average molecular weight is 370 g/mol. The molecule has 6 nitrogen and oxygen atoms in total. The zero-order valence-corrected chi connectivity index (χ0v) is 13.2. The number of thiazole rings is 1. The topological polar surface area (TPSA) is 91.3 Å². The SMILES string of the molecule is O=C(NCCc1cscn1)Nc1cc(Br)ccc1C(=O)O. The van der Waals surface area contributed by atoms with E-state index in [0.29, 0.717) is 17.4 Å². The molecule has 0 aliphatic heterocycles. The van der Waals surface area contributed by atoms with Gasteiger partial charge in [-0.05, 0) is 18.2 Å². The van der Waals surface area contributed by atoms with Crippen LogP contribution in [-0.2, 0) is 6.42 Å². The molecule has 0 fully saturated rings. The minimum atomic E-state index is -1.10. The van der Waals surface area contributed by atoms with Crippen LogP contribution in [0.2, 0.25) is 0 Å². The van der Waals surface area contributed by atoms with Gasteiger partial charge in [-0.25, -0.2) is 14.6 Å². The van der Waals surface area contributed by atoms with Crippen molar-refractivity contribution in [1.29, 1.82) is 0 Å². The second kappa shape index (κ2) is 7.19. The normalized spacial score (nSPS) is 10.1. The van der Waals surface area contributed by atoms with Gasteiger partial charge in [-0.3, -0.25) is 0 Å². The summed E-state index contributed by atoms with van der Waals surface area (Å²) in [5.74, 6) is -1.10. The lowest BCUT2D eigenvalue weighted by atomic mass is 10.2. The summed E-state index contributed by atoms with van der Waals surface area (Å²) in [7, 11) is 0. The Morgan fingerprint density at radius 3 is 2.86 bits per heavy atom. The number of amides is 2. The van der Waals surface area contributed by atoms with Gasteiger partial charge in [0, 0.05) is 22.8 Å². The number of urea groups is 1. The highest BCUT2D eigenvalue weighted by Gasteiger charge is 2.12. The number of aromatic carboxylic acids is 1. The van der Waals surface area contributed by atoms with E-state index in [1.165, 1.54) is 17.4 Å². The lowest BCUT2D eigenvalue weighted by Crippen LogP contribution is -2.31. The molecule has 2 amide bonds. The highest BCUT2D eigenvalue weighted by Crippen LogP contribution is 2.21. The Hall–Kier alpha value is -1.93. The maximum Gasteiger partial charge on any atom is 0.337 e. The first-order valence-electron chi connectivity index (χ1n) is 6.01. The number of hydrogen-bond donors (Lipinski definition) is 3. The van der Waals surface area contributed by atoms with Crippen molar-refractivity contribution in [2.24, 2.45) is 0 Å². The molecule has 2 aromatic rings. The fourth-order valence-corrected chi connectivity index (χ4v) is 2.59. The van der Waals surface area contributed by atoms with Crippen LogP contribution in [0, 0.1) is 0 Å². The molecule has 110 valence electrons. The Bertz CT molecular complexity index is 646. The maximum atomic E-state index is 11.8. The Labute approximate surface area is 133 Å². The number of nitrogens with zero attached hydrogens (tertiary/aromatic N) is 1. The summed E-state index contributed by atoms with van der Waals surface area (Å²) in [4.78, 5) is 27.0. The molecule has 0 aliphatic rings. The predicted molar refractivity (Wildman–Crippen MR) is 83.9 cm³/mol. The van der Waals surface area contributed by atoms with Gasteiger partial charge in [-0.1, -0.05) is 15.9 Å². The molecule has 0 aliphatic carbocycles. The number of hydrogen-bond acceptors (Lipinski definition) is 4. The fourth-order valence-electron chi connectivity index (χ4n) is 1.64. The molecule has 0 radical (unpaired) electrons. The number of benzene rings is 1. The van der Waals surface area contributed by atoms with Crippen LogP contribution in [0.3, 0.4) is 0 Å². The van der Waals surface area contributed by atoms with E-state index >= 15 is 0 Å². The maximum absolute atomic E-state index is 11.8. The monoisotopic (exact) mass is 369 g/mol. The predicted octanol–water partition coefficient (Wildman–Crippen LogP) is 2.97. The van der Waals surface area contributed by atoms with Crippen molar-refractivity contribution < 1.29 is 14.7 Å². The van der Waals surface area contributed by atoms with E-state index in [1.54, 1.807) is 17.6 Å². The van der Waals surface area contributed by atoms with E-state index in [-0.39, 0.29) is 11.3 Å². The number of nitrogens with one attached hydrogen (secondary N) is 2. The number of carbonyl (C=O) groups is 2. The highest BCUT2D eigenvalue weighted by atomic mass is 79.9. The first-order chi connectivity index (χ1) is 10.1. The van der Waals surface area contributed by atoms with E-state index in [2.05, 4.69) is 31.5 Å². The molecule has 0 unspecified atom stereocenters. The summed E-state index contributed by atoms with van der Waals surface area (Å²) in [5.41, 5.74) is 2.92. The van der Waals surface area contributed by atoms with Gasteiger partial charge < -0.3 is 15.7 Å². The summed E-state index contributed by atoms with van der Waals surface area (Å²) >= 11 is 4.74. The van der Waals surface area contributed by atoms with Crippen molar-refractivity contribution in [2.45, 2.75) is 6.42 Å². The van der Waals surface area contributed by atoms with Crippen molar-refractivity contribution in [1.82, 2.24) is 10.3 Å². The van der Waals surface area contributed by atoms with Crippen LogP contribution in [0.15, 0.2) is 33.6 Å². The highest BCUT2D eigenvalue weighted by molar-refractivity contribution is 9.10. The molecule has 0 saturated heterocycles. The molecular formula is C13H12BrN3O3S. The first-order valence-corrected chi connectivity index (χ1v) is 7.74. The van der Waals surface area contributed by atoms with Crippen LogP contribution in [0.1, 0.15) is 16.1 Å². The Morgan fingerprint density at radius 2 is 2.19 bits per heavy atom. The van der Waals surface area contributed by atoms with Crippen molar-refractivity contribution in [3.63, 3.8) is 0 Å². The summed E-state index contributed by atoms with van der Waals surface area (Å²) in [5, 5.41) is 16.2. The van der Waals surface area contributed by atoms with E-state index < -0.39 is 12.0 Å². The minimum Gasteiger partial charge on any atom is -0.478 e. The van der Waals surface area contributed by atoms with Crippen molar-refractivity contribution in [3.05, 3.63) is 44.8 Å². The second-order valence-electron chi connectivity index (χ2n) is 4.11. The molecule has 2 rings (SSSR count). The van der Waals surface area contributed by atoms with E-state index in [4.69, 9.17) is 5.11 Å². The number of aromatic nitrogens is 1. The molecule has 0 bridgehead atoms. The second-order valence-corrected chi connectivity index (χ2v) is 5.74. The standard InChI is InChI=1S/C13H12BrN3O3S/c14-8-1-2-10(12(18)19)11(5-8)17-13(20)15-4-3-9-6-21-7-16-9/h1-2,5-7H,3-4H2,(H,18,19)(H2,15,17,20). The number of carboxylic acid groups (broad SMARTS) is 1. The quantitative estimate of drug-likeness (QED) is 0.755. The summed E-state index contributed by atoms with van der Waals surface area (Å²) in [6.07, 6.45) is 0.626.